The van der Waals surface area contributed by atoms with Crippen molar-refractivity contribution in [1.29, 1.82) is 0 Å². The lowest BCUT2D eigenvalue weighted by Crippen LogP contribution is -2.30. The van der Waals surface area contributed by atoms with Gasteiger partial charge in [0, 0.05) is 12.8 Å². The number of imide groups is 1. The minimum atomic E-state index is -0.0255. The van der Waals surface area contributed by atoms with Crippen molar-refractivity contribution >= 4 is 19.2 Å². The fraction of sp³-hybridized carbons (Fsp3) is 0.600. The molecular formula is C5H8BNO2. The molecule has 2 amide bonds. The van der Waals surface area contributed by atoms with Crippen molar-refractivity contribution in [2.45, 2.75) is 19.7 Å². The average Bonchev–Trinajstić information content (AvgIpc) is 2.12. The first-order valence-electron chi connectivity index (χ1n) is 3.09. The molecule has 3 nitrogen and oxygen atoms in total. The molecule has 9 heavy (non-hydrogen) atoms. The van der Waals surface area contributed by atoms with Crippen molar-refractivity contribution in [1.82, 2.24) is 4.81 Å². The molecule has 0 aromatic carbocycles. The van der Waals surface area contributed by atoms with Gasteiger partial charge >= 0.3 is 0 Å². The molecule has 4 heteroatoms. The predicted molar refractivity (Wildman–Crippen MR) is 34.1 cm³/mol. The number of nitrogens with zero attached hydrogens (tertiary/aromatic N) is 1. The van der Waals surface area contributed by atoms with Gasteiger partial charge in [0.25, 0.3) is 0 Å². The van der Waals surface area contributed by atoms with E-state index in [1.54, 1.807) is 6.82 Å². The van der Waals surface area contributed by atoms with Crippen LogP contribution >= 0.6 is 0 Å². The van der Waals surface area contributed by atoms with Crippen molar-refractivity contribution in [3.05, 3.63) is 0 Å². The second-order valence-corrected chi connectivity index (χ2v) is 2.03. The van der Waals surface area contributed by atoms with E-state index >= 15 is 0 Å². The highest BCUT2D eigenvalue weighted by Gasteiger charge is 2.26. The van der Waals surface area contributed by atoms with Gasteiger partial charge in [-0.3, -0.25) is 9.59 Å². The molecule has 1 heterocycles. The van der Waals surface area contributed by atoms with Crippen LogP contribution < -0.4 is 0 Å². The molecule has 0 aliphatic carbocycles. The highest BCUT2D eigenvalue weighted by Crippen LogP contribution is 2.08. The minimum absolute atomic E-state index is 0.0255. The molecule has 0 N–H and O–H groups in total. The predicted octanol–water partition coefficient (Wildman–Crippen LogP) is -0.465. The first-order chi connectivity index (χ1) is 4.25. The maximum absolute atomic E-state index is 10.7. The van der Waals surface area contributed by atoms with Crippen LogP contribution in [-0.4, -0.2) is 24.0 Å². The Labute approximate surface area is 54.3 Å². The van der Waals surface area contributed by atoms with Gasteiger partial charge in [-0.15, -0.1) is 0 Å². The van der Waals surface area contributed by atoms with E-state index in [4.69, 9.17) is 0 Å². The van der Waals surface area contributed by atoms with E-state index in [1.165, 1.54) is 4.81 Å². The highest BCUT2D eigenvalue weighted by atomic mass is 16.2. The molecule has 0 atom stereocenters. The summed E-state index contributed by atoms with van der Waals surface area (Å²) in [5, 5.41) is 0. The van der Waals surface area contributed by atoms with E-state index in [1.807, 2.05) is 0 Å². The first kappa shape index (κ1) is 6.33. The Hall–Kier alpha value is -0.795. The van der Waals surface area contributed by atoms with Gasteiger partial charge in [-0.25, -0.2) is 0 Å². The van der Waals surface area contributed by atoms with Crippen LogP contribution in [0.5, 0.6) is 0 Å². The summed E-state index contributed by atoms with van der Waals surface area (Å²) in [6.45, 7) is 1.81. The lowest BCUT2D eigenvalue weighted by atomic mass is 9.97. The van der Waals surface area contributed by atoms with Gasteiger partial charge in [-0.2, -0.15) is 0 Å². The second kappa shape index (κ2) is 2.21. The lowest BCUT2D eigenvalue weighted by Gasteiger charge is -2.07. The van der Waals surface area contributed by atoms with Crippen molar-refractivity contribution in [2.75, 3.05) is 0 Å². The van der Waals surface area contributed by atoms with Crippen molar-refractivity contribution in [2.24, 2.45) is 0 Å². The quantitative estimate of drug-likeness (QED) is 0.351. The van der Waals surface area contributed by atoms with Gasteiger partial charge in [0.2, 0.25) is 19.2 Å². The Kier molecular flexibility index (Phi) is 1.55. The largest absolute Gasteiger partial charge is 0.333 e. The molecule has 1 saturated heterocycles. The van der Waals surface area contributed by atoms with Crippen LogP contribution in [0.2, 0.25) is 6.82 Å². The molecule has 0 spiro atoms. The number of hydrogen-bond acceptors (Lipinski definition) is 2. The van der Waals surface area contributed by atoms with Crippen LogP contribution in [0.25, 0.3) is 0 Å². The first-order valence-corrected chi connectivity index (χ1v) is 3.09. The van der Waals surface area contributed by atoms with E-state index in [2.05, 4.69) is 0 Å². The second-order valence-electron chi connectivity index (χ2n) is 2.03. The van der Waals surface area contributed by atoms with Crippen LogP contribution in [-0.2, 0) is 9.59 Å². The molecule has 0 unspecified atom stereocenters. The third-order valence-electron chi connectivity index (χ3n) is 1.47. The zero-order valence-corrected chi connectivity index (χ0v) is 5.39. The number of amides is 2. The molecule has 0 radical (unpaired) electrons. The summed E-state index contributed by atoms with van der Waals surface area (Å²) in [5.74, 6) is -0.0509. The van der Waals surface area contributed by atoms with Crippen LogP contribution in [0, 0.1) is 0 Å². The van der Waals surface area contributed by atoms with Gasteiger partial charge in [0.05, 0.1) is 0 Å². The minimum Gasteiger partial charge on any atom is -0.333 e. The SMILES string of the molecule is CBN1C(=O)CCC1=O. The summed E-state index contributed by atoms with van der Waals surface area (Å²) < 4.78 is 0. The van der Waals surface area contributed by atoms with Gasteiger partial charge in [0.15, 0.2) is 0 Å². The topological polar surface area (TPSA) is 37.4 Å². The molecule has 1 aliphatic rings. The highest BCUT2D eigenvalue weighted by molar-refractivity contribution is 6.42. The summed E-state index contributed by atoms with van der Waals surface area (Å²) in [6.07, 6.45) is 0.819. The molecule has 0 aromatic heterocycles. The smallest absolute Gasteiger partial charge is 0.246 e. The summed E-state index contributed by atoms with van der Waals surface area (Å²) in [6, 6.07) is 0. The van der Waals surface area contributed by atoms with E-state index in [9.17, 15) is 9.59 Å². The van der Waals surface area contributed by atoms with E-state index < -0.39 is 0 Å². The Balaban J connectivity index is 2.66. The van der Waals surface area contributed by atoms with Crippen molar-refractivity contribution in [3.63, 3.8) is 0 Å². The zero-order valence-electron chi connectivity index (χ0n) is 5.39. The third-order valence-corrected chi connectivity index (χ3v) is 1.47. The molecule has 0 aromatic rings. The Morgan fingerprint density at radius 1 is 1.33 bits per heavy atom. The maximum atomic E-state index is 10.7. The Morgan fingerprint density at radius 2 is 1.78 bits per heavy atom. The molecule has 48 valence electrons. The third kappa shape index (κ3) is 0.967. The summed E-state index contributed by atoms with van der Waals surface area (Å²) in [5.41, 5.74) is 0. The van der Waals surface area contributed by atoms with Gasteiger partial charge in [-0.05, 0) is 0 Å². The van der Waals surface area contributed by atoms with Gasteiger partial charge in [0.1, 0.15) is 0 Å². The van der Waals surface area contributed by atoms with Gasteiger partial charge in [-0.1, -0.05) is 6.82 Å². The molecule has 1 fully saturated rings. The lowest BCUT2D eigenvalue weighted by molar-refractivity contribution is -0.132. The Bertz CT molecular complexity index is 141. The van der Waals surface area contributed by atoms with Crippen molar-refractivity contribution in [3.8, 4) is 0 Å². The number of carbonyl (C=O) groups excluding carboxylic acids is 2. The fourth-order valence-corrected chi connectivity index (χ4v) is 0.976. The molecular weight excluding hydrogens is 117 g/mol. The number of hydrogen-bond donors (Lipinski definition) is 0. The van der Waals surface area contributed by atoms with Crippen LogP contribution in [0.3, 0.4) is 0 Å². The fourth-order valence-electron chi connectivity index (χ4n) is 0.976. The van der Waals surface area contributed by atoms with Gasteiger partial charge < -0.3 is 4.81 Å². The average molecular weight is 125 g/mol. The molecule has 0 bridgehead atoms. The normalized spacial score (nSPS) is 19.0. The zero-order chi connectivity index (χ0) is 6.85. The van der Waals surface area contributed by atoms with E-state index in [0.29, 0.717) is 20.3 Å². The van der Waals surface area contributed by atoms with Crippen LogP contribution in [0.1, 0.15) is 12.8 Å². The summed E-state index contributed by atoms with van der Waals surface area (Å²) >= 11 is 0. The summed E-state index contributed by atoms with van der Waals surface area (Å²) in [4.78, 5) is 22.7. The molecule has 0 saturated carbocycles. The van der Waals surface area contributed by atoms with Crippen molar-refractivity contribution < 1.29 is 9.59 Å². The maximum Gasteiger partial charge on any atom is 0.246 e. The van der Waals surface area contributed by atoms with E-state index in [-0.39, 0.29) is 11.8 Å². The molecule has 1 rings (SSSR count). The van der Waals surface area contributed by atoms with Crippen LogP contribution in [0.15, 0.2) is 0 Å². The van der Waals surface area contributed by atoms with Crippen LogP contribution in [0.4, 0.5) is 0 Å². The van der Waals surface area contributed by atoms with E-state index in [0.717, 1.165) is 0 Å². The Morgan fingerprint density at radius 3 is 2.00 bits per heavy atom. The number of rotatable bonds is 1. The standard InChI is InChI=1S/C5H8BNO2/c1-6-7-4(8)2-3-5(7)9/h6H,2-3H2,1H3. The summed E-state index contributed by atoms with van der Waals surface area (Å²) in [7, 11) is 0.525. The number of carbonyl (C=O) groups is 2. The molecule has 1 aliphatic heterocycles. The monoisotopic (exact) mass is 125 g/mol.